The first-order valence-corrected chi connectivity index (χ1v) is 6.44. The summed E-state index contributed by atoms with van der Waals surface area (Å²) in [5.74, 6) is -1.52. The Labute approximate surface area is 122 Å². The van der Waals surface area contributed by atoms with E-state index in [9.17, 15) is 20.0 Å². The van der Waals surface area contributed by atoms with Crippen LogP contribution in [0.15, 0.2) is 12.1 Å². The molecule has 1 atom stereocenters. The molecule has 0 radical (unpaired) electrons. The highest BCUT2D eigenvalue weighted by molar-refractivity contribution is 5.78. The summed E-state index contributed by atoms with van der Waals surface area (Å²) in [5, 5.41) is 20.6. The number of aliphatic carboxylic acids is 1. The van der Waals surface area contributed by atoms with Crippen molar-refractivity contribution in [2.45, 2.75) is 26.2 Å². The molecule has 7 heteroatoms. The standard InChI is InChI=1S/C14H19NO6/c1-8(2)5-10(14(16)17)9-6-12(20-3)13(21-4)7-11(9)15(18)19/h6-8,10H,5H2,1-4H3,(H,16,17). The maximum atomic E-state index is 11.5. The van der Waals surface area contributed by atoms with Crippen molar-refractivity contribution < 1.29 is 24.3 Å². The molecule has 1 aromatic rings. The number of methoxy groups -OCH3 is 2. The number of carbonyl (C=O) groups is 1. The summed E-state index contributed by atoms with van der Waals surface area (Å²) in [6.07, 6.45) is 0.297. The van der Waals surface area contributed by atoms with E-state index in [1.54, 1.807) is 0 Å². The number of rotatable bonds is 7. The molecule has 1 unspecified atom stereocenters. The molecule has 0 amide bonds. The predicted molar refractivity (Wildman–Crippen MR) is 76.0 cm³/mol. The number of nitrogens with zero attached hydrogens (tertiary/aromatic N) is 1. The first-order valence-electron chi connectivity index (χ1n) is 6.44. The second-order valence-corrected chi connectivity index (χ2v) is 5.04. The fourth-order valence-electron chi connectivity index (χ4n) is 2.15. The van der Waals surface area contributed by atoms with Gasteiger partial charge in [-0.1, -0.05) is 13.8 Å². The van der Waals surface area contributed by atoms with Crippen LogP contribution in [0.5, 0.6) is 11.5 Å². The van der Waals surface area contributed by atoms with Crippen molar-refractivity contribution in [3.05, 3.63) is 27.8 Å². The molecule has 0 aliphatic heterocycles. The van der Waals surface area contributed by atoms with Crippen molar-refractivity contribution in [2.75, 3.05) is 14.2 Å². The van der Waals surface area contributed by atoms with Crippen molar-refractivity contribution in [1.82, 2.24) is 0 Å². The monoisotopic (exact) mass is 297 g/mol. The Morgan fingerprint density at radius 1 is 1.29 bits per heavy atom. The Bertz CT molecular complexity index is 541. The molecule has 0 aromatic heterocycles. The summed E-state index contributed by atoms with van der Waals surface area (Å²) in [5.41, 5.74) is -0.153. The molecular formula is C14H19NO6. The third-order valence-corrected chi connectivity index (χ3v) is 3.11. The molecule has 7 nitrogen and oxygen atoms in total. The van der Waals surface area contributed by atoms with Gasteiger partial charge in [-0.15, -0.1) is 0 Å². The highest BCUT2D eigenvalue weighted by atomic mass is 16.6. The van der Waals surface area contributed by atoms with Gasteiger partial charge in [-0.2, -0.15) is 0 Å². The lowest BCUT2D eigenvalue weighted by atomic mass is 9.89. The van der Waals surface area contributed by atoms with Crippen molar-refractivity contribution in [3.63, 3.8) is 0 Å². The molecule has 1 aromatic carbocycles. The molecule has 0 saturated carbocycles. The lowest BCUT2D eigenvalue weighted by Crippen LogP contribution is -2.16. The number of hydrogen-bond acceptors (Lipinski definition) is 5. The minimum Gasteiger partial charge on any atom is -0.493 e. The van der Waals surface area contributed by atoms with Crippen LogP contribution in [0.1, 0.15) is 31.7 Å². The lowest BCUT2D eigenvalue weighted by molar-refractivity contribution is -0.385. The molecule has 1 N–H and O–H groups in total. The van der Waals surface area contributed by atoms with E-state index in [-0.39, 0.29) is 28.7 Å². The van der Waals surface area contributed by atoms with Crippen LogP contribution in [0.4, 0.5) is 5.69 Å². The van der Waals surface area contributed by atoms with Gasteiger partial charge in [0.05, 0.1) is 31.1 Å². The van der Waals surface area contributed by atoms with E-state index in [0.717, 1.165) is 0 Å². The van der Waals surface area contributed by atoms with E-state index >= 15 is 0 Å². The quantitative estimate of drug-likeness (QED) is 0.613. The van der Waals surface area contributed by atoms with Crippen LogP contribution in [-0.4, -0.2) is 30.2 Å². The average Bonchev–Trinajstić information content (AvgIpc) is 2.42. The zero-order valence-electron chi connectivity index (χ0n) is 12.5. The number of hydrogen-bond donors (Lipinski definition) is 1. The van der Waals surface area contributed by atoms with E-state index in [2.05, 4.69) is 0 Å². The molecular weight excluding hydrogens is 278 g/mol. The van der Waals surface area contributed by atoms with Crippen molar-refractivity contribution in [3.8, 4) is 11.5 Å². The van der Waals surface area contributed by atoms with Crippen LogP contribution in [0.3, 0.4) is 0 Å². The highest BCUT2D eigenvalue weighted by Gasteiger charge is 2.30. The number of benzene rings is 1. The first kappa shape index (κ1) is 16.7. The normalized spacial score (nSPS) is 12.0. The number of carboxylic acids is 1. The average molecular weight is 297 g/mol. The van der Waals surface area contributed by atoms with Gasteiger partial charge in [0.15, 0.2) is 11.5 Å². The van der Waals surface area contributed by atoms with Gasteiger partial charge in [0.1, 0.15) is 0 Å². The van der Waals surface area contributed by atoms with E-state index in [4.69, 9.17) is 9.47 Å². The Kier molecular flexibility index (Phi) is 5.52. The van der Waals surface area contributed by atoms with E-state index in [1.165, 1.54) is 26.4 Å². The summed E-state index contributed by atoms with van der Waals surface area (Å²) in [4.78, 5) is 22.1. The van der Waals surface area contributed by atoms with Crippen LogP contribution in [0.2, 0.25) is 0 Å². The van der Waals surface area contributed by atoms with E-state index in [0.29, 0.717) is 6.42 Å². The van der Waals surface area contributed by atoms with Crippen molar-refractivity contribution >= 4 is 11.7 Å². The van der Waals surface area contributed by atoms with Crippen molar-refractivity contribution in [2.24, 2.45) is 5.92 Å². The number of carboxylic acid groups (broad SMARTS) is 1. The molecule has 1 rings (SSSR count). The maximum Gasteiger partial charge on any atom is 0.311 e. The summed E-state index contributed by atoms with van der Waals surface area (Å²) >= 11 is 0. The minimum absolute atomic E-state index is 0.0822. The van der Waals surface area contributed by atoms with Crippen LogP contribution >= 0.6 is 0 Å². The summed E-state index contributed by atoms with van der Waals surface area (Å²) < 4.78 is 10.1. The highest BCUT2D eigenvalue weighted by Crippen LogP contribution is 2.39. The summed E-state index contributed by atoms with van der Waals surface area (Å²) in [7, 11) is 2.76. The van der Waals surface area contributed by atoms with Crippen molar-refractivity contribution in [1.29, 1.82) is 0 Å². The van der Waals surface area contributed by atoms with Crippen LogP contribution in [0, 0.1) is 16.0 Å². The second kappa shape index (κ2) is 6.92. The summed E-state index contributed by atoms with van der Waals surface area (Å²) in [6.45, 7) is 3.73. The second-order valence-electron chi connectivity index (χ2n) is 5.04. The van der Waals surface area contributed by atoms with Gasteiger partial charge in [0.2, 0.25) is 0 Å². The number of nitro benzene ring substituents is 1. The van der Waals surface area contributed by atoms with E-state index < -0.39 is 16.8 Å². The van der Waals surface area contributed by atoms with Crippen LogP contribution in [0.25, 0.3) is 0 Å². The molecule has 21 heavy (non-hydrogen) atoms. The Balaban J connectivity index is 3.49. The maximum absolute atomic E-state index is 11.5. The molecule has 116 valence electrons. The van der Waals surface area contributed by atoms with Gasteiger partial charge >= 0.3 is 5.97 Å². The zero-order chi connectivity index (χ0) is 16.2. The zero-order valence-corrected chi connectivity index (χ0v) is 12.5. The Morgan fingerprint density at radius 3 is 2.19 bits per heavy atom. The molecule has 0 saturated heterocycles. The SMILES string of the molecule is COc1cc(C(CC(C)C)C(=O)O)c([N+](=O)[O-])cc1OC. The molecule has 0 fully saturated rings. The molecule has 0 aliphatic rings. The molecule has 0 aliphatic carbocycles. The predicted octanol–water partition coefficient (Wildman–Crippen LogP) is 2.83. The van der Waals surface area contributed by atoms with Gasteiger partial charge in [-0.25, -0.2) is 0 Å². The van der Waals surface area contributed by atoms with Crippen LogP contribution < -0.4 is 9.47 Å². The largest absolute Gasteiger partial charge is 0.493 e. The topological polar surface area (TPSA) is 98.9 Å². The first-order chi connectivity index (χ1) is 9.81. The minimum atomic E-state index is -1.10. The van der Waals surface area contributed by atoms with Gasteiger partial charge < -0.3 is 14.6 Å². The van der Waals surface area contributed by atoms with Gasteiger partial charge in [-0.3, -0.25) is 14.9 Å². The lowest BCUT2D eigenvalue weighted by Gasteiger charge is -2.17. The number of nitro groups is 1. The Morgan fingerprint density at radius 2 is 1.81 bits per heavy atom. The Hall–Kier alpha value is -2.31. The van der Waals surface area contributed by atoms with Gasteiger partial charge in [0.25, 0.3) is 5.69 Å². The van der Waals surface area contributed by atoms with Gasteiger partial charge in [0, 0.05) is 5.56 Å². The fraction of sp³-hybridized carbons (Fsp3) is 0.500. The number of ether oxygens (including phenoxy) is 2. The summed E-state index contributed by atoms with van der Waals surface area (Å²) in [6, 6.07) is 2.57. The molecule has 0 bridgehead atoms. The van der Waals surface area contributed by atoms with Crippen LogP contribution in [-0.2, 0) is 4.79 Å². The van der Waals surface area contributed by atoms with E-state index in [1.807, 2.05) is 13.8 Å². The molecule has 0 spiro atoms. The smallest absolute Gasteiger partial charge is 0.311 e. The third kappa shape index (κ3) is 3.84. The fourth-order valence-corrected chi connectivity index (χ4v) is 2.15. The van der Waals surface area contributed by atoms with Gasteiger partial charge in [-0.05, 0) is 18.4 Å². The third-order valence-electron chi connectivity index (χ3n) is 3.11. The molecule has 0 heterocycles.